The number of hydrogen-bond acceptors (Lipinski definition) is 4. The Morgan fingerprint density at radius 2 is 2.11 bits per heavy atom. The Hall–Kier alpha value is -2.09. The Labute approximate surface area is 110 Å². The molecule has 1 aliphatic carbocycles. The lowest BCUT2D eigenvalue weighted by Crippen LogP contribution is -2.13. The average Bonchev–Trinajstić information content (AvgIpc) is 3.10. The molecule has 1 heterocycles. The number of anilines is 1. The van der Waals surface area contributed by atoms with Crippen molar-refractivity contribution in [1.82, 2.24) is 4.98 Å². The summed E-state index contributed by atoms with van der Waals surface area (Å²) >= 11 is 0. The van der Waals surface area contributed by atoms with E-state index in [4.69, 9.17) is 4.42 Å². The second-order valence-corrected chi connectivity index (χ2v) is 5.17. The van der Waals surface area contributed by atoms with Gasteiger partial charge >= 0.3 is 0 Å². The lowest BCUT2D eigenvalue weighted by Gasteiger charge is -2.17. The van der Waals surface area contributed by atoms with E-state index >= 15 is 0 Å². The van der Waals surface area contributed by atoms with E-state index in [9.17, 15) is 9.65 Å². The largest absolute Gasteiger partial charge is 0.437 e. The van der Waals surface area contributed by atoms with Crippen molar-refractivity contribution in [3.63, 3.8) is 0 Å². The third kappa shape index (κ3) is 1.67. The van der Waals surface area contributed by atoms with Gasteiger partial charge in [-0.15, -0.1) is 0 Å². The normalized spacial score (nSPS) is 14.7. The van der Waals surface area contributed by atoms with Gasteiger partial charge in [-0.1, -0.05) is 0 Å². The molecule has 19 heavy (non-hydrogen) atoms. The Bertz CT molecular complexity index is 708. The van der Waals surface area contributed by atoms with Crippen LogP contribution in [0.5, 0.6) is 0 Å². The molecule has 2 aromatic rings. The van der Waals surface area contributed by atoms with E-state index in [-0.39, 0.29) is 5.58 Å². The number of nitrogens with zero attached hydrogens (tertiary/aromatic N) is 3. The van der Waals surface area contributed by atoms with E-state index in [1.807, 2.05) is 0 Å². The molecule has 0 N–H and O–H groups in total. The Morgan fingerprint density at radius 3 is 2.63 bits per heavy atom. The van der Waals surface area contributed by atoms with E-state index in [0.717, 1.165) is 12.8 Å². The van der Waals surface area contributed by atoms with Gasteiger partial charge in [-0.25, -0.2) is 9.37 Å². The van der Waals surface area contributed by atoms with Crippen LogP contribution in [0.1, 0.15) is 35.8 Å². The zero-order valence-corrected chi connectivity index (χ0v) is 11.1. The Balaban J connectivity index is 2.38. The molecule has 0 amide bonds. The first kappa shape index (κ1) is 12.0. The Morgan fingerprint density at radius 1 is 1.42 bits per heavy atom. The summed E-state index contributed by atoms with van der Waals surface area (Å²) < 4.78 is 20.1. The topological polar surface area (TPSA) is 53.1 Å². The maximum atomic E-state index is 14.5. The summed E-state index contributed by atoms with van der Waals surface area (Å²) in [4.78, 5) is 5.98. The summed E-state index contributed by atoms with van der Waals surface area (Å²) in [5.41, 5.74) is 1.85. The van der Waals surface area contributed by atoms with E-state index in [0.29, 0.717) is 34.1 Å². The molecule has 4 nitrogen and oxygen atoms in total. The number of benzene rings is 1. The van der Waals surface area contributed by atoms with Crippen molar-refractivity contribution in [2.75, 3.05) is 19.0 Å². The SMILES string of the molecule is Cc1c(N(C)C)c(F)c2oc(C3CC3)nc2c1C#N. The van der Waals surface area contributed by atoms with Gasteiger partial charge < -0.3 is 9.32 Å². The summed E-state index contributed by atoms with van der Waals surface area (Å²) in [6, 6.07) is 2.12. The molecule has 5 heteroatoms. The number of nitriles is 1. The highest BCUT2D eigenvalue weighted by molar-refractivity contribution is 5.87. The third-order valence-corrected chi connectivity index (χ3v) is 3.50. The van der Waals surface area contributed by atoms with Gasteiger partial charge in [0.05, 0.1) is 11.3 Å². The summed E-state index contributed by atoms with van der Waals surface area (Å²) in [5, 5.41) is 9.30. The highest BCUT2D eigenvalue weighted by Crippen LogP contribution is 2.42. The molecule has 1 aliphatic rings. The van der Waals surface area contributed by atoms with E-state index < -0.39 is 5.82 Å². The van der Waals surface area contributed by atoms with E-state index in [2.05, 4.69) is 11.1 Å². The molecule has 1 saturated carbocycles. The first-order valence-electron chi connectivity index (χ1n) is 6.24. The zero-order valence-electron chi connectivity index (χ0n) is 11.1. The summed E-state index contributed by atoms with van der Waals surface area (Å²) in [5.74, 6) is 0.415. The van der Waals surface area contributed by atoms with Gasteiger partial charge in [-0.3, -0.25) is 0 Å². The minimum Gasteiger partial charge on any atom is -0.437 e. The molecule has 1 aromatic carbocycles. The van der Waals surface area contributed by atoms with Gasteiger partial charge in [0.15, 0.2) is 17.3 Å². The number of fused-ring (bicyclic) bond motifs is 1. The first-order valence-corrected chi connectivity index (χ1v) is 6.24. The van der Waals surface area contributed by atoms with Crippen LogP contribution in [-0.2, 0) is 0 Å². The minimum atomic E-state index is -0.434. The maximum Gasteiger partial charge on any atom is 0.198 e. The van der Waals surface area contributed by atoms with Crippen molar-refractivity contribution < 1.29 is 8.81 Å². The van der Waals surface area contributed by atoms with Crippen LogP contribution in [0.2, 0.25) is 0 Å². The van der Waals surface area contributed by atoms with Gasteiger partial charge in [-0.2, -0.15) is 5.26 Å². The monoisotopic (exact) mass is 259 g/mol. The fraction of sp³-hybridized carbons (Fsp3) is 0.429. The standard InChI is InChI=1S/C14H14FN3O/c1-7-9(6-16)11-13(10(15)12(7)18(2)3)19-14(17-11)8-4-5-8/h8H,4-5H2,1-3H3. The molecule has 0 unspecified atom stereocenters. The van der Waals surface area contributed by atoms with E-state index in [1.165, 1.54) is 0 Å². The molecule has 0 spiro atoms. The van der Waals surface area contributed by atoms with Gasteiger partial charge in [0.25, 0.3) is 0 Å². The fourth-order valence-electron chi connectivity index (χ4n) is 2.40. The van der Waals surface area contributed by atoms with Crippen LogP contribution in [0.15, 0.2) is 4.42 Å². The smallest absolute Gasteiger partial charge is 0.198 e. The molecule has 0 bridgehead atoms. The number of halogens is 1. The highest BCUT2D eigenvalue weighted by atomic mass is 19.1. The van der Waals surface area contributed by atoms with Crippen LogP contribution in [0.4, 0.5) is 10.1 Å². The van der Waals surface area contributed by atoms with Crippen LogP contribution in [0, 0.1) is 24.1 Å². The fourth-order valence-corrected chi connectivity index (χ4v) is 2.40. The zero-order chi connectivity index (χ0) is 13.7. The van der Waals surface area contributed by atoms with Crippen molar-refractivity contribution in [3.05, 3.63) is 22.8 Å². The molecule has 1 aromatic heterocycles. The molecule has 98 valence electrons. The minimum absolute atomic E-state index is 0.104. The molecule has 0 saturated heterocycles. The maximum absolute atomic E-state index is 14.5. The number of hydrogen-bond donors (Lipinski definition) is 0. The van der Waals surface area contributed by atoms with Gasteiger partial charge in [0, 0.05) is 20.0 Å². The van der Waals surface area contributed by atoms with Crippen LogP contribution in [-0.4, -0.2) is 19.1 Å². The van der Waals surface area contributed by atoms with Crippen molar-refractivity contribution in [2.24, 2.45) is 0 Å². The van der Waals surface area contributed by atoms with Crippen LogP contribution >= 0.6 is 0 Å². The summed E-state index contributed by atoms with van der Waals surface area (Å²) in [7, 11) is 3.49. The number of oxazole rings is 1. The molecular formula is C14H14FN3O. The molecule has 0 atom stereocenters. The van der Waals surface area contributed by atoms with Gasteiger partial charge in [0.1, 0.15) is 11.6 Å². The number of aromatic nitrogens is 1. The quantitative estimate of drug-likeness (QED) is 0.831. The van der Waals surface area contributed by atoms with Crippen molar-refractivity contribution in [2.45, 2.75) is 25.7 Å². The van der Waals surface area contributed by atoms with Crippen LogP contribution in [0.3, 0.4) is 0 Å². The predicted octanol–water partition coefficient (Wildman–Crippen LogP) is 3.09. The van der Waals surface area contributed by atoms with Crippen molar-refractivity contribution >= 4 is 16.8 Å². The lowest BCUT2D eigenvalue weighted by molar-refractivity contribution is 0.508. The van der Waals surface area contributed by atoms with Gasteiger partial charge in [-0.05, 0) is 25.3 Å². The Kier molecular flexibility index (Phi) is 2.49. The molecule has 3 rings (SSSR count). The second kappa shape index (κ2) is 3.95. The molecule has 0 aliphatic heterocycles. The van der Waals surface area contributed by atoms with Crippen molar-refractivity contribution in [1.29, 1.82) is 5.26 Å². The number of rotatable bonds is 2. The third-order valence-electron chi connectivity index (χ3n) is 3.50. The van der Waals surface area contributed by atoms with Gasteiger partial charge in [0.2, 0.25) is 0 Å². The molecule has 0 radical (unpaired) electrons. The predicted molar refractivity (Wildman–Crippen MR) is 69.7 cm³/mol. The van der Waals surface area contributed by atoms with Crippen LogP contribution < -0.4 is 4.90 Å². The summed E-state index contributed by atoms with van der Waals surface area (Å²) in [6.07, 6.45) is 2.05. The lowest BCUT2D eigenvalue weighted by atomic mass is 10.0. The highest BCUT2D eigenvalue weighted by Gasteiger charge is 2.31. The first-order chi connectivity index (χ1) is 9.04. The average molecular weight is 259 g/mol. The van der Waals surface area contributed by atoms with E-state index in [1.54, 1.807) is 25.9 Å². The van der Waals surface area contributed by atoms with Crippen molar-refractivity contribution in [3.8, 4) is 6.07 Å². The second-order valence-electron chi connectivity index (χ2n) is 5.17. The van der Waals surface area contributed by atoms with Crippen LogP contribution in [0.25, 0.3) is 11.1 Å². The molecular weight excluding hydrogens is 245 g/mol. The molecule has 1 fully saturated rings. The summed E-state index contributed by atoms with van der Waals surface area (Å²) in [6.45, 7) is 1.74.